The minimum atomic E-state index is -0.362. The lowest BCUT2D eigenvalue weighted by atomic mass is 10.1. The van der Waals surface area contributed by atoms with Crippen molar-refractivity contribution in [2.24, 2.45) is 0 Å². The number of nitrogens with zero attached hydrogens (tertiary/aromatic N) is 5. The predicted octanol–water partition coefficient (Wildman–Crippen LogP) is 1.82. The molecule has 1 aliphatic rings. The van der Waals surface area contributed by atoms with Crippen LogP contribution in [0.1, 0.15) is 29.0 Å². The Hall–Kier alpha value is -3.79. The van der Waals surface area contributed by atoms with Gasteiger partial charge in [-0.15, -0.1) is 0 Å². The molecule has 0 radical (unpaired) electrons. The SMILES string of the molecule is Cc1cnc2ccc(-c3nc(C(=O)NC[C@@H]4CCCN4)c(N)nc3-c3ncco3)cn12. The third-order valence-electron chi connectivity index (χ3n) is 5.41. The van der Waals surface area contributed by atoms with Crippen LogP contribution in [-0.2, 0) is 0 Å². The monoisotopic (exact) mass is 418 g/mol. The molecule has 31 heavy (non-hydrogen) atoms. The van der Waals surface area contributed by atoms with E-state index < -0.39 is 0 Å². The number of hydrogen-bond acceptors (Lipinski definition) is 8. The summed E-state index contributed by atoms with van der Waals surface area (Å²) in [6, 6.07) is 4.01. The topological polar surface area (TPSA) is 136 Å². The van der Waals surface area contributed by atoms with Gasteiger partial charge in [0.15, 0.2) is 17.2 Å². The van der Waals surface area contributed by atoms with Crippen LogP contribution in [-0.4, -0.2) is 49.4 Å². The lowest BCUT2D eigenvalue weighted by Gasteiger charge is -2.14. The molecule has 10 heteroatoms. The van der Waals surface area contributed by atoms with Gasteiger partial charge in [-0.2, -0.15) is 0 Å². The van der Waals surface area contributed by atoms with Crippen molar-refractivity contribution in [3.8, 4) is 22.8 Å². The van der Waals surface area contributed by atoms with Crippen molar-refractivity contribution in [2.75, 3.05) is 18.8 Å². The predicted molar refractivity (Wildman–Crippen MR) is 114 cm³/mol. The molecule has 5 heterocycles. The summed E-state index contributed by atoms with van der Waals surface area (Å²) in [4.78, 5) is 30.5. The van der Waals surface area contributed by atoms with Gasteiger partial charge in [-0.25, -0.2) is 19.9 Å². The van der Waals surface area contributed by atoms with Gasteiger partial charge in [0.25, 0.3) is 5.91 Å². The maximum absolute atomic E-state index is 12.9. The fourth-order valence-corrected chi connectivity index (χ4v) is 3.78. The molecule has 0 aliphatic carbocycles. The molecule has 158 valence electrons. The number of nitrogens with one attached hydrogen (secondary N) is 2. The Morgan fingerprint density at radius 2 is 2.23 bits per heavy atom. The molecule has 4 N–H and O–H groups in total. The Morgan fingerprint density at radius 3 is 3.00 bits per heavy atom. The van der Waals surface area contributed by atoms with E-state index in [2.05, 4.69) is 30.6 Å². The normalized spacial score (nSPS) is 16.1. The van der Waals surface area contributed by atoms with E-state index in [-0.39, 0.29) is 29.4 Å². The van der Waals surface area contributed by atoms with Crippen molar-refractivity contribution in [3.63, 3.8) is 0 Å². The number of carbonyl (C=O) groups excluding carboxylic acids is 1. The van der Waals surface area contributed by atoms with Gasteiger partial charge in [0, 0.05) is 36.2 Å². The molecule has 1 atom stereocenters. The van der Waals surface area contributed by atoms with Gasteiger partial charge in [-0.1, -0.05) is 0 Å². The number of nitrogens with two attached hydrogens (primary N) is 1. The van der Waals surface area contributed by atoms with Crippen LogP contribution in [0, 0.1) is 6.92 Å². The van der Waals surface area contributed by atoms with Gasteiger partial charge in [0.1, 0.15) is 17.6 Å². The highest BCUT2D eigenvalue weighted by Crippen LogP contribution is 2.30. The van der Waals surface area contributed by atoms with E-state index >= 15 is 0 Å². The first-order valence-corrected chi connectivity index (χ1v) is 10.1. The second-order valence-corrected chi connectivity index (χ2v) is 7.54. The van der Waals surface area contributed by atoms with E-state index in [0.717, 1.165) is 36.3 Å². The number of imidazole rings is 1. The lowest BCUT2D eigenvalue weighted by molar-refractivity contribution is 0.0946. The number of amides is 1. The largest absolute Gasteiger partial charge is 0.443 e. The highest BCUT2D eigenvalue weighted by molar-refractivity contribution is 5.97. The summed E-state index contributed by atoms with van der Waals surface area (Å²) in [6.45, 7) is 3.44. The van der Waals surface area contributed by atoms with Gasteiger partial charge < -0.3 is 25.2 Å². The van der Waals surface area contributed by atoms with Crippen molar-refractivity contribution >= 4 is 17.4 Å². The zero-order valence-corrected chi connectivity index (χ0v) is 17.0. The van der Waals surface area contributed by atoms with E-state index in [1.165, 1.54) is 12.5 Å². The summed E-state index contributed by atoms with van der Waals surface area (Å²) in [6.07, 6.45) is 8.80. The molecule has 0 unspecified atom stereocenters. The zero-order valence-electron chi connectivity index (χ0n) is 17.0. The Kier molecular flexibility index (Phi) is 4.83. The van der Waals surface area contributed by atoms with Gasteiger partial charge in [0.2, 0.25) is 5.89 Å². The Morgan fingerprint density at radius 1 is 1.32 bits per heavy atom. The second-order valence-electron chi connectivity index (χ2n) is 7.54. The number of pyridine rings is 1. The van der Waals surface area contributed by atoms with Crippen molar-refractivity contribution in [2.45, 2.75) is 25.8 Å². The molecular formula is C21H22N8O2. The highest BCUT2D eigenvalue weighted by atomic mass is 16.3. The summed E-state index contributed by atoms with van der Waals surface area (Å²) < 4.78 is 7.39. The first kappa shape index (κ1) is 19.2. The van der Waals surface area contributed by atoms with E-state index in [1.54, 1.807) is 6.20 Å². The van der Waals surface area contributed by atoms with Crippen LogP contribution in [0.2, 0.25) is 0 Å². The Labute approximate surface area is 177 Å². The number of aryl methyl sites for hydroxylation is 1. The van der Waals surface area contributed by atoms with Gasteiger partial charge in [-0.3, -0.25) is 4.79 Å². The molecule has 0 saturated carbocycles. The minimum Gasteiger partial charge on any atom is -0.443 e. The number of carbonyl (C=O) groups is 1. The van der Waals surface area contributed by atoms with E-state index in [9.17, 15) is 4.79 Å². The van der Waals surface area contributed by atoms with Crippen molar-refractivity contribution in [1.82, 2.24) is 35.0 Å². The van der Waals surface area contributed by atoms with E-state index in [1.807, 2.05) is 29.7 Å². The van der Waals surface area contributed by atoms with Crippen LogP contribution in [0.5, 0.6) is 0 Å². The molecule has 4 aromatic heterocycles. The number of hydrogen-bond donors (Lipinski definition) is 3. The Balaban J connectivity index is 1.57. The standard InChI is InChI=1S/C21H22N8O2/c1-12-9-25-15-5-4-13(11-29(12)15)16-17(21-24-7-8-31-21)28-19(22)18(27-16)20(30)26-10-14-3-2-6-23-14/h4-5,7-9,11,14,23H,2-3,6,10H2,1H3,(H2,22,28)(H,26,30)/t14-/m0/s1. The number of nitrogen functional groups attached to an aromatic ring is 1. The summed E-state index contributed by atoms with van der Waals surface area (Å²) in [7, 11) is 0. The van der Waals surface area contributed by atoms with E-state index in [4.69, 9.17) is 10.2 Å². The van der Waals surface area contributed by atoms with Crippen molar-refractivity contribution in [3.05, 3.63) is 48.4 Å². The molecule has 1 amide bonds. The molecule has 1 aliphatic heterocycles. The number of fused-ring (bicyclic) bond motifs is 1. The maximum Gasteiger partial charge on any atom is 0.273 e. The number of aromatic nitrogens is 5. The number of oxazole rings is 1. The third kappa shape index (κ3) is 3.61. The number of anilines is 1. The second kappa shape index (κ2) is 7.80. The first-order valence-electron chi connectivity index (χ1n) is 10.1. The molecule has 0 aromatic carbocycles. The van der Waals surface area contributed by atoms with Gasteiger partial charge in [0.05, 0.1) is 6.20 Å². The fourth-order valence-electron chi connectivity index (χ4n) is 3.78. The highest BCUT2D eigenvalue weighted by Gasteiger charge is 2.23. The summed E-state index contributed by atoms with van der Waals surface area (Å²) in [5.41, 5.74) is 9.54. The Bertz CT molecular complexity index is 1240. The van der Waals surface area contributed by atoms with Gasteiger partial charge >= 0.3 is 0 Å². The first-order chi connectivity index (χ1) is 15.1. The van der Waals surface area contributed by atoms with Crippen LogP contribution >= 0.6 is 0 Å². The minimum absolute atomic E-state index is 0.0220. The molecule has 0 spiro atoms. The summed E-state index contributed by atoms with van der Waals surface area (Å²) in [5, 5.41) is 6.26. The summed E-state index contributed by atoms with van der Waals surface area (Å²) >= 11 is 0. The van der Waals surface area contributed by atoms with Crippen LogP contribution in [0.4, 0.5) is 5.82 Å². The fraction of sp³-hybridized carbons (Fsp3) is 0.286. The molecule has 1 fully saturated rings. The number of rotatable bonds is 5. The average Bonchev–Trinajstić information content (AvgIpc) is 3.55. The molecule has 10 nitrogen and oxygen atoms in total. The molecule has 5 rings (SSSR count). The zero-order chi connectivity index (χ0) is 21.4. The quantitative estimate of drug-likeness (QED) is 0.446. The van der Waals surface area contributed by atoms with E-state index in [0.29, 0.717) is 17.9 Å². The van der Waals surface area contributed by atoms with Crippen LogP contribution in [0.3, 0.4) is 0 Å². The third-order valence-corrected chi connectivity index (χ3v) is 5.41. The maximum atomic E-state index is 12.9. The lowest BCUT2D eigenvalue weighted by Crippen LogP contribution is -2.37. The van der Waals surface area contributed by atoms with Crippen LogP contribution < -0.4 is 16.4 Å². The molecule has 4 aromatic rings. The van der Waals surface area contributed by atoms with Crippen LogP contribution in [0.15, 0.2) is 41.4 Å². The molecular weight excluding hydrogens is 396 g/mol. The van der Waals surface area contributed by atoms with Crippen LogP contribution in [0.25, 0.3) is 28.5 Å². The van der Waals surface area contributed by atoms with Crippen molar-refractivity contribution in [1.29, 1.82) is 0 Å². The molecule has 1 saturated heterocycles. The smallest absolute Gasteiger partial charge is 0.273 e. The molecule has 0 bridgehead atoms. The van der Waals surface area contributed by atoms with Gasteiger partial charge in [-0.05, 0) is 38.4 Å². The van der Waals surface area contributed by atoms with Crippen molar-refractivity contribution < 1.29 is 9.21 Å². The summed E-state index contributed by atoms with van der Waals surface area (Å²) in [5.74, 6) is -0.0636. The average molecular weight is 418 g/mol.